The molecule has 0 radical (unpaired) electrons. The second kappa shape index (κ2) is 6.43. The Labute approximate surface area is 80.9 Å². The first kappa shape index (κ1) is 11.9. The standard InChI is InChI=1S/C8H15BrO3/c1-2-3-4-5-6(10)7(9)8(11)12/h6-7,10H,2-5H2,1H3,(H,11,12). The molecule has 72 valence electrons. The van der Waals surface area contributed by atoms with Gasteiger partial charge in [0.15, 0.2) is 0 Å². The summed E-state index contributed by atoms with van der Waals surface area (Å²) in [7, 11) is 0. The maximum absolute atomic E-state index is 10.4. The minimum absolute atomic E-state index is 0.552. The number of rotatable bonds is 6. The number of aliphatic carboxylic acids is 1. The molecule has 0 aromatic carbocycles. The number of halogens is 1. The Balaban J connectivity index is 3.56. The predicted octanol–water partition coefficient (Wildman–Crippen LogP) is 1.78. The molecule has 4 heteroatoms. The highest BCUT2D eigenvalue weighted by atomic mass is 79.9. The van der Waals surface area contributed by atoms with E-state index in [1.807, 2.05) is 0 Å². The molecule has 0 fully saturated rings. The summed E-state index contributed by atoms with van der Waals surface area (Å²) >= 11 is 2.91. The molecule has 12 heavy (non-hydrogen) atoms. The van der Waals surface area contributed by atoms with Crippen molar-refractivity contribution < 1.29 is 15.0 Å². The van der Waals surface area contributed by atoms with Gasteiger partial charge < -0.3 is 10.2 Å². The summed E-state index contributed by atoms with van der Waals surface area (Å²) in [5, 5.41) is 17.8. The first-order valence-corrected chi connectivity index (χ1v) is 5.06. The van der Waals surface area contributed by atoms with E-state index >= 15 is 0 Å². The molecule has 0 spiro atoms. The largest absolute Gasteiger partial charge is 0.480 e. The highest BCUT2D eigenvalue weighted by Crippen LogP contribution is 2.12. The van der Waals surface area contributed by atoms with Gasteiger partial charge in [-0.25, -0.2) is 0 Å². The second-order valence-corrected chi connectivity index (χ2v) is 3.79. The summed E-state index contributed by atoms with van der Waals surface area (Å²) in [5.41, 5.74) is 0. The van der Waals surface area contributed by atoms with Gasteiger partial charge in [0.1, 0.15) is 4.83 Å². The summed E-state index contributed by atoms with van der Waals surface area (Å²) in [6.45, 7) is 2.06. The lowest BCUT2D eigenvalue weighted by atomic mass is 10.1. The SMILES string of the molecule is CCCCCC(O)C(Br)C(=O)O. The van der Waals surface area contributed by atoms with Crippen LogP contribution in [0.2, 0.25) is 0 Å². The van der Waals surface area contributed by atoms with Crippen LogP contribution in [0.15, 0.2) is 0 Å². The number of carbonyl (C=O) groups is 1. The summed E-state index contributed by atoms with van der Waals surface area (Å²) < 4.78 is 0. The van der Waals surface area contributed by atoms with E-state index in [0.29, 0.717) is 6.42 Å². The zero-order chi connectivity index (χ0) is 9.56. The van der Waals surface area contributed by atoms with Crippen molar-refractivity contribution in [1.82, 2.24) is 0 Å². The number of hydrogen-bond donors (Lipinski definition) is 2. The van der Waals surface area contributed by atoms with E-state index in [2.05, 4.69) is 22.9 Å². The Morgan fingerprint density at radius 2 is 2.08 bits per heavy atom. The van der Waals surface area contributed by atoms with Gasteiger partial charge in [0.25, 0.3) is 0 Å². The van der Waals surface area contributed by atoms with Crippen molar-refractivity contribution in [1.29, 1.82) is 0 Å². The van der Waals surface area contributed by atoms with Gasteiger partial charge in [0.2, 0.25) is 0 Å². The number of unbranched alkanes of at least 4 members (excludes halogenated alkanes) is 2. The smallest absolute Gasteiger partial charge is 0.319 e. The van der Waals surface area contributed by atoms with Crippen molar-refractivity contribution >= 4 is 21.9 Å². The number of carboxylic acids is 1. The molecule has 0 aliphatic carbocycles. The van der Waals surface area contributed by atoms with Crippen LogP contribution in [-0.2, 0) is 4.79 Å². The van der Waals surface area contributed by atoms with Gasteiger partial charge in [-0.3, -0.25) is 4.79 Å². The Morgan fingerprint density at radius 3 is 2.50 bits per heavy atom. The van der Waals surface area contributed by atoms with Gasteiger partial charge in [-0.15, -0.1) is 0 Å². The van der Waals surface area contributed by atoms with Crippen molar-refractivity contribution in [2.45, 2.75) is 43.5 Å². The molecule has 0 aromatic rings. The molecule has 3 nitrogen and oxygen atoms in total. The Morgan fingerprint density at radius 1 is 1.50 bits per heavy atom. The summed E-state index contributed by atoms with van der Waals surface area (Å²) in [4.78, 5) is 9.54. The van der Waals surface area contributed by atoms with Gasteiger partial charge in [0.05, 0.1) is 6.10 Å². The number of aliphatic hydroxyl groups excluding tert-OH is 1. The van der Waals surface area contributed by atoms with Crippen LogP contribution in [0.3, 0.4) is 0 Å². The fourth-order valence-electron chi connectivity index (χ4n) is 0.914. The zero-order valence-electron chi connectivity index (χ0n) is 7.16. The Bertz CT molecular complexity index is 138. The van der Waals surface area contributed by atoms with Crippen LogP contribution >= 0.6 is 15.9 Å². The number of carboxylic acid groups (broad SMARTS) is 1. The second-order valence-electron chi connectivity index (χ2n) is 2.80. The minimum Gasteiger partial charge on any atom is -0.480 e. The van der Waals surface area contributed by atoms with E-state index in [4.69, 9.17) is 5.11 Å². The molecule has 0 aliphatic rings. The van der Waals surface area contributed by atoms with Crippen LogP contribution in [0.1, 0.15) is 32.6 Å². The van der Waals surface area contributed by atoms with Crippen molar-refractivity contribution in [2.24, 2.45) is 0 Å². The molecule has 0 saturated carbocycles. The molecule has 0 aliphatic heterocycles. The van der Waals surface area contributed by atoms with Crippen molar-refractivity contribution in [2.75, 3.05) is 0 Å². The van der Waals surface area contributed by atoms with Crippen molar-refractivity contribution in [3.63, 3.8) is 0 Å². The van der Waals surface area contributed by atoms with Gasteiger partial charge in [-0.2, -0.15) is 0 Å². The topological polar surface area (TPSA) is 57.5 Å². The van der Waals surface area contributed by atoms with E-state index in [1.54, 1.807) is 0 Å². The summed E-state index contributed by atoms with van der Waals surface area (Å²) in [6.07, 6.45) is 2.78. The van der Waals surface area contributed by atoms with Gasteiger partial charge in [-0.05, 0) is 6.42 Å². The maximum Gasteiger partial charge on any atom is 0.319 e. The van der Waals surface area contributed by atoms with Crippen LogP contribution in [0.5, 0.6) is 0 Å². The molecule has 0 heterocycles. The average molecular weight is 239 g/mol. The summed E-state index contributed by atoms with van der Waals surface area (Å²) in [5.74, 6) is -1.00. The van der Waals surface area contributed by atoms with Crippen LogP contribution in [-0.4, -0.2) is 27.1 Å². The highest BCUT2D eigenvalue weighted by molar-refractivity contribution is 9.10. The van der Waals surface area contributed by atoms with E-state index in [1.165, 1.54) is 0 Å². The number of aliphatic hydroxyl groups is 1. The lowest BCUT2D eigenvalue weighted by Gasteiger charge is -2.12. The highest BCUT2D eigenvalue weighted by Gasteiger charge is 2.22. The first-order valence-electron chi connectivity index (χ1n) is 4.14. The third-order valence-electron chi connectivity index (χ3n) is 1.68. The van der Waals surface area contributed by atoms with E-state index in [0.717, 1.165) is 19.3 Å². The van der Waals surface area contributed by atoms with E-state index in [-0.39, 0.29) is 0 Å². The van der Waals surface area contributed by atoms with E-state index < -0.39 is 16.9 Å². The molecule has 0 rings (SSSR count). The van der Waals surface area contributed by atoms with Crippen LogP contribution in [0.25, 0.3) is 0 Å². The Hall–Kier alpha value is -0.0900. The van der Waals surface area contributed by atoms with Crippen molar-refractivity contribution in [3.05, 3.63) is 0 Å². The van der Waals surface area contributed by atoms with Gasteiger partial charge in [-0.1, -0.05) is 42.1 Å². The average Bonchev–Trinajstić information content (AvgIpc) is 2.03. The quantitative estimate of drug-likeness (QED) is 0.548. The molecule has 0 aromatic heterocycles. The maximum atomic E-state index is 10.4. The molecule has 2 atom stereocenters. The van der Waals surface area contributed by atoms with Gasteiger partial charge >= 0.3 is 5.97 Å². The van der Waals surface area contributed by atoms with E-state index in [9.17, 15) is 9.90 Å². The lowest BCUT2D eigenvalue weighted by Crippen LogP contribution is -2.28. The normalized spacial score (nSPS) is 15.6. The fraction of sp³-hybridized carbons (Fsp3) is 0.875. The van der Waals surface area contributed by atoms with Crippen LogP contribution < -0.4 is 0 Å². The molecule has 0 amide bonds. The molecule has 0 saturated heterocycles. The van der Waals surface area contributed by atoms with Crippen LogP contribution in [0.4, 0.5) is 0 Å². The predicted molar refractivity (Wildman–Crippen MR) is 50.5 cm³/mol. The molecule has 2 N–H and O–H groups in total. The van der Waals surface area contributed by atoms with Gasteiger partial charge in [0, 0.05) is 0 Å². The Kier molecular flexibility index (Phi) is 6.38. The molecule has 2 unspecified atom stereocenters. The monoisotopic (exact) mass is 238 g/mol. The first-order chi connectivity index (χ1) is 5.59. The molecular formula is C8H15BrO3. The third-order valence-corrected chi connectivity index (χ3v) is 2.68. The molecular weight excluding hydrogens is 224 g/mol. The third kappa shape index (κ3) is 4.72. The van der Waals surface area contributed by atoms with Crippen molar-refractivity contribution in [3.8, 4) is 0 Å². The molecule has 0 bridgehead atoms. The summed E-state index contributed by atoms with van der Waals surface area (Å²) in [6, 6.07) is 0. The number of alkyl halides is 1. The lowest BCUT2D eigenvalue weighted by molar-refractivity contribution is -0.138. The minimum atomic E-state index is -1.00. The van der Waals surface area contributed by atoms with Crippen LogP contribution in [0, 0.1) is 0 Å². The number of hydrogen-bond acceptors (Lipinski definition) is 2. The fourth-order valence-corrected chi connectivity index (χ4v) is 1.18. The zero-order valence-corrected chi connectivity index (χ0v) is 8.75.